The SMILES string of the molecule is CCOC(=O)[C@@H](CCc1ccc(-c2ccccc2)cc1)N[C@H]1CCC(=O)N2CCC[C@@H](C(=O)OC(C)(C)C)N2C1=O. The number of ether oxygens (including phenoxy) is 2. The first-order valence-electron chi connectivity index (χ1n) is 14.5. The van der Waals surface area contributed by atoms with Crippen molar-refractivity contribution in [3.05, 3.63) is 60.2 Å². The van der Waals surface area contributed by atoms with Crippen LogP contribution in [0.2, 0.25) is 0 Å². The van der Waals surface area contributed by atoms with E-state index in [1.165, 1.54) is 10.0 Å². The molecule has 1 N–H and O–H groups in total. The molecule has 41 heavy (non-hydrogen) atoms. The number of aryl methyl sites for hydroxylation is 1. The highest BCUT2D eigenvalue weighted by Crippen LogP contribution is 2.27. The van der Waals surface area contributed by atoms with Crippen LogP contribution in [-0.4, -0.2) is 70.6 Å². The summed E-state index contributed by atoms with van der Waals surface area (Å²) in [5.41, 5.74) is 2.55. The summed E-state index contributed by atoms with van der Waals surface area (Å²) in [4.78, 5) is 53.0. The van der Waals surface area contributed by atoms with Crippen LogP contribution in [0.1, 0.15) is 65.4 Å². The molecule has 0 saturated carbocycles. The molecule has 3 atom stereocenters. The van der Waals surface area contributed by atoms with Gasteiger partial charge in [-0.05, 0) is 76.5 Å². The van der Waals surface area contributed by atoms with Crippen molar-refractivity contribution in [2.45, 2.75) is 89.9 Å². The van der Waals surface area contributed by atoms with Crippen LogP contribution >= 0.6 is 0 Å². The number of rotatable bonds is 9. The van der Waals surface area contributed by atoms with E-state index in [-0.39, 0.29) is 25.4 Å². The Morgan fingerprint density at radius 2 is 1.68 bits per heavy atom. The van der Waals surface area contributed by atoms with Crippen molar-refractivity contribution < 1.29 is 28.7 Å². The number of fused-ring (bicyclic) bond motifs is 1. The van der Waals surface area contributed by atoms with E-state index in [1.807, 2.05) is 30.3 Å². The maximum atomic E-state index is 13.9. The van der Waals surface area contributed by atoms with E-state index < -0.39 is 41.6 Å². The summed E-state index contributed by atoms with van der Waals surface area (Å²) in [6.45, 7) is 7.61. The van der Waals surface area contributed by atoms with Crippen molar-refractivity contribution in [1.82, 2.24) is 15.3 Å². The predicted molar refractivity (Wildman–Crippen MR) is 154 cm³/mol. The molecule has 0 spiro atoms. The van der Waals surface area contributed by atoms with Gasteiger partial charge in [0.05, 0.1) is 12.6 Å². The van der Waals surface area contributed by atoms with Gasteiger partial charge in [0.25, 0.3) is 5.91 Å². The first-order valence-corrected chi connectivity index (χ1v) is 14.5. The van der Waals surface area contributed by atoms with Gasteiger partial charge in [-0.3, -0.25) is 24.7 Å². The standard InChI is InChI=1S/C32H41N3O6/c1-5-40-30(38)26(18-15-22-13-16-24(17-14-22)23-10-7-6-8-11-23)33-25-19-20-28(36)34-21-9-12-27(35(34)29(25)37)31(39)41-32(2,3)4/h6-8,10-11,13-14,16-17,25-27,33H,5,9,12,15,18-21H2,1-4H3/t25-,26+,27-/m0/s1. The molecule has 4 rings (SSSR count). The molecule has 0 aliphatic carbocycles. The van der Waals surface area contributed by atoms with Gasteiger partial charge in [0.1, 0.15) is 11.6 Å². The second-order valence-electron chi connectivity index (χ2n) is 11.6. The van der Waals surface area contributed by atoms with Crippen LogP contribution in [0.5, 0.6) is 0 Å². The van der Waals surface area contributed by atoms with Crippen molar-refractivity contribution in [3.8, 4) is 11.1 Å². The van der Waals surface area contributed by atoms with Crippen molar-refractivity contribution in [2.24, 2.45) is 0 Å². The third kappa shape index (κ3) is 7.73. The van der Waals surface area contributed by atoms with E-state index in [1.54, 1.807) is 27.7 Å². The molecule has 2 heterocycles. The van der Waals surface area contributed by atoms with Crippen LogP contribution in [-0.2, 0) is 35.1 Å². The van der Waals surface area contributed by atoms with Crippen LogP contribution in [0.4, 0.5) is 0 Å². The first-order chi connectivity index (χ1) is 19.6. The van der Waals surface area contributed by atoms with Gasteiger partial charge >= 0.3 is 11.9 Å². The van der Waals surface area contributed by atoms with Gasteiger partial charge in [0.15, 0.2) is 6.04 Å². The molecule has 2 saturated heterocycles. The number of nitrogens with zero attached hydrogens (tertiary/aromatic N) is 2. The Labute approximate surface area is 242 Å². The number of esters is 2. The topological polar surface area (TPSA) is 105 Å². The number of amides is 2. The van der Waals surface area contributed by atoms with Crippen LogP contribution in [0.3, 0.4) is 0 Å². The fraction of sp³-hybridized carbons (Fsp3) is 0.500. The Kier molecular flexibility index (Phi) is 9.81. The molecular formula is C32H41N3O6. The number of benzene rings is 2. The second-order valence-corrected chi connectivity index (χ2v) is 11.6. The summed E-state index contributed by atoms with van der Waals surface area (Å²) in [5, 5.41) is 5.86. The largest absolute Gasteiger partial charge is 0.465 e. The van der Waals surface area contributed by atoms with Crippen molar-refractivity contribution in [2.75, 3.05) is 13.2 Å². The maximum Gasteiger partial charge on any atom is 0.331 e. The molecule has 2 aromatic carbocycles. The number of carbonyl (C=O) groups excluding carboxylic acids is 4. The highest BCUT2D eigenvalue weighted by molar-refractivity contribution is 5.92. The number of hydrogen-bond acceptors (Lipinski definition) is 7. The fourth-order valence-corrected chi connectivity index (χ4v) is 5.33. The van der Waals surface area contributed by atoms with Gasteiger partial charge in [0.2, 0.25) is 5.91 Å². The highest BCUT2D eigenvalue weighted by Gasteiger charge is 2.46. The van der Waals surface area contributed by atoms with E-state index >= 15 is 0 Å². The van der Waals surface area contributed by atoms with Gasteiger partial charge in [0, 0.05) is 13.0 Å². The van der Waals surface area contributed by atoms with Crippen molar-refractivity contribution in [3.63, 3.8) is 0 Å². The Bertz CT molecular complexity index is 1220. The predicted octanol–water partition coefficient (Wildman–Crippen LogP) is 4.05. The quantitative estimate of drug-likeness (QED) is 0.459. The average Bonchev–Trinajstić information content (AvgIpc) is 3.07. The number of carbonyl (C=O) groups is 4. The van der Waals surface area contributed by atoms with E-state index in [9.17, 15) is 19.2 Å². The molecule has 220 valence electrons. The van der Waals surface area contributed by atoms with Gasteiger partial charge in [-0.25, -0.2) is 9.80 Å². The number of nitrogens with one attached hydrogen (secondary N) is 1. The van der Waals surface area contributed by atoms with Crippen LogP contribution in [0, 0.1) is 0 Å². The Hall–Kier alpha value is -3.72. The lowest BCUT2D eigenvalue weighted by Crippen LogP contribution is -2.63. The molecule has 0 unspecified atom stereocenters. The van der Waals surface area contributed by atoms with Crippen LogP contribution < -0.4 is 5.32 Å². The maximum absolute atomic E-state index is 13.9. The zero-order valence-electron chi connectivity index (χ0n) is 24.4. The minimum Gasteiger partial charge on any atom is -0.465 e. The summed E-state index contributed by atoms with van der Waals surface area (Å²) in [6.07, 6.45) is 2.32. The van der Waals surface area contributed by atoms with Crippen LogP contribution in [0.15, 0.2) is 54.6 Å². The van der Waals surface area contributed by atoms with Gasteiger partial charge in [-0.1, -0.05) is 54.6 Å². The lowest BCUT2D eigenvalue weighted by Gasteiger charge is -2.43. The average molecular weight is 564 g/mol. The molecule has 2 aliphatic heterocycles. The van der Waals surface area contributed by atoms with Gasteiger partial charge < -0.3 is 9.47 Å². The summed E-state index contributed by atoms with van der Waals surface area (Å²) >= 11 is 0. The summed E-state index contributed by atoms with van der Waals surface area (Å²) in [5.74, 6) is -1.61. The van der Waals surface area contributed by atoms with Crippen LogP contribution in [0.25, 0.3) is 11.1 Å². The Balaban J connectivity index is 1.49. The molecule has 2 aromatic rings. The molecular weight excluding hydrogens is 522 g/mol. The van der Waals surface area contributed by atoms with Gasteiger partial charge in [-0.15, -0.1) is 0 Å². The zero-order valence-corrected chi connectivity index (χ0v) is 24.4. The molecule has 9 nitrogen and oxygen atoms in total. The van der Waals surface area contributed by atoms with Crippen molar-refractivity contribution in [1.29, 1.82) is 0 Å². The molecule has 2 fully saturated rings. The monoisotopic (exact) mass is 563 g/mol. The highest BCUT2D eigenvalue weighted by atomic mass is 16.6. The van der Waals surface area contributed by atoms with Crippen molar-refractivity contribution >= 4 is 23.8 Å². The second kappa shape index (κ2) is 13.3. The normalized spacial score (nSPS) is 20.2. The molecule has 0 radical (unpaired) electrons. The Morgan fingerprint density at radius 1 is 1.00 bits per heavy atom. The smallest absolute Gasteiger partial charge is 0.331 e. The summed E-state index contributed by atoms with van der Waals surface area (Å²) in [7, 11) is 0. The lowest BCUT2D eigenvalue weighted by atomic mass is 9.99. The fourth-order valence-electron chi connectivity index (χ4n) is 5.33. The van der Waals surface area contributed by atoms with E-state index in [4.69, 9.17) is 9.47 Å². The number of hydrogen-bond donors (Lipinski definition) is 1. The van der Waals surface area contributed by atoms with E-state index in [0.29, 0.717) is 32.2 Å². The summed E-state index contributed by atoms with van der Waals surface area (Å²) < 4.78 is 10.9. The lowest BCUT2D eigenvalue weighted by molar-refractivity contribution is -0.188. The minimum absolute atomic E-state index is 0.122. The first kappa shape index (κ1) is 30.2. The van der Waals surface area contributed by atoms with E-state index in [2.05, 4.69) is 29.6 Å². The van der Waals surface area contributed by atoms with Gasteiger partial charge in [-0.2, -0.15) is 0 Å². The molecule has 2 amide bonds. The number of hydrazine groups is 1. The molecule has 0 aromatic heterocycles. The Morgan fingerprint density at radius 3 is 2.34 bits per heavy atom. The molecule has 0 bridgehead atoms. The third-order valence-corrected chi connectivity index (χ3v) is 7.30. The molecule has 2 aliphatic rings. The molecule has 9 heteroatoms. The zero-order chi connectivity index (χ0) is 29.6. The van der Waals surface area contributed by atoms with E-state index in [0.717, 1.165) is 16.7 Å². The summed E-state index contributed by atoms with van der Waals surface area (Å²) in [6, 6.07) is 15.8. The minimum atomic E-state index is -0.897. The third-order valence-electron chi connectivity index (χ3n) is 7.30.